The van der Waals surface area contributed by atoms with Gasteiger partial charge in [0, 0.05) is 19.8 Å². The number of hydrogen-bond donors (Lipinski definition) is 2. The number of aliphatic hydroxyl groups is 2. The Kier molecular flexibility index (Phi) is 19.0. The maximum atomic E-state index is 13.6. The van der Waals surface area contributed by atoms with Gasteiger partial charge in [-0.3, -0.25) is 19.2 Å². The Balaban J connectivity index is 0.000000247. The van der Waals surface area contributed by atoms with Gasteiger partial charge in [0.15, 0.2) is 0 Å². The third-order valence-electron chi connectivity index (χ3n) is 10.7. The molecule has 8 atom stereocenters. The number of morpholine rings is 2. The van der Waals surface area contributed by atoms with Crippen molar-refractivity contribution in [3.8, 4) is 0 Å². The summed E-state index contributed by atoms with van der Waals surface area (Å²) in [6, 6.07) is 19.7. The van der Waals surface area contributed by atoms with Gasteiger partial charge < -0.3 is 39.0 Å². The molecule has 0 saturated carbocycles. The van der Waals surface area contributed by atoms with Gasteiger partial charge in [-0.2, -0.15) is 0 Å². The second kappa shape index (κ2) is 23.3. The van der Waals surface area contributed by atoms with Gasteiger partial charge >= 0.3 is 11.9 Å². The van der Waals surface area contributed by atoms with E-state index in [1.165, 1.54) is 22.7 Å². The second-order valence-corrected chi connectivity index (χ2v) is 22.3. The van der Waals surface area contributed by atoms with Crippen LogP contribution in [0.4, 0.5) is 0 Å². The summed E-state index contributed by atoms with van der Waals surface area (Å²) in [4.78, 5) is 57.4. The lowest BCUT2D eigenvalue weighted by molar-refractivity contribution is -0.187. The molecule has 3 unspecified atom stereocenters. The van der Waals surface area contributed by atoms with Crippen LogP contribution in [0.5, 0.6) is 0 Å². The molecular weight excluding hydrogens is 970 g/mol. The van der Waals surface area contributed by atoms with Gasteiger partial charge in [-0.1, -0.05) is 84.5 Å². The fourth-order valence-corrected chi connectivity index (χ4v) is 10.7. The summed E-state index contributed by atoms with van der Waals surface area (Å²) in [5, 5.41) is 21.3. The molecule has 18 heteroatoms. The molecule has 0 spiro atoms. The molecule has 2 aliphatic rings. The predicted molar refractivity (Wildman–Crippen MR) is 259 cm³/mol. The van der Waals surface area contributed by atoms with Crippen LogP contribution in [0.15, 0.2) is 72.8 Å². The summed E-state index contributed by atoms with van der Waals surface area (Å²) in [5.74, 6) is -1.79. The van der Waals surface area contributed by atoms with Crippen molar-refractivity contribution in [1.82, 2.24) is 9.80 Å². The predicted octanol–water partition coefficient (Wildman–Crippen LogP) is 11.1. The van der Waals surface area contributed by atoms with Crippen molar-refractivity contribution in [2.24, 2.45) is 0 Å². The Morgan fingerprint density at radius 2 is 1.00 bits per heavy atom. The minimum atomic E-state index is -1.06. The number of aliphatic hydroxyl groups excluding tert-OH is 2. The molecule has 2 aromatic heterocycles. The summed E-state index contributed by atoms with van der Waals surface area (Å²) in [6.07, 6.45) is -2.77. The van der Waals surface area contributed by atoms with E-state index in [2.05, 4.69) is 0 Å². The largest absolute Gasteiger partial charge is 0.460 e. The molecule has 4 aromatic rings. The monoisotopic (exact) mass is 1030 g/mol. The Labute approximate surface area is 415 Å². The van der Waals surface area contributed by atoms with Crippen LogP contribution in [-0.2, 0) is 38.1 Å². The molecule has 2 saturated heterocycles. The van der Waals surface area contributed by atoms with Crippen LogP contribution >= 0.6 is 69.1 Å². The van der Waals surface area contributed by atoms with Gasteiger partial charge in [0.1, 0.15) is 35.6 Å². The van der Waals surface area contributed by atoms with E-state index in [0.29, 0.717) is 31.6 Å². The lowest BCUT2D eigenvalue weighted by Crippen LogP contribution is -2.56. The molecule has 12 nitrogen and oxygen atoms in total. The number of carbonyl (C=O) groups excluding carboxylic acids is 4. The normalized spacial score (nSPS) is 22.3. The highest BCUT2D eigenvalue weighted by Gasteiger charge is 2.49. The quantitative estimate of drug-likeness (QED) is 0.117. The number of nitrogens with zero attached hydrogens (tertiary/aromatic N) is 2. The topological polar surface area (TPSA) is 152 Å². The van der Waals surface area contributed by atoms with Crippen molar-refractivity contribution in [2.45, 2.75) is 141 Å². The van der Waals surface area contributed by atoms with Crippen molar-refractivity contribution in [2.75, 3.05) is 13.2 Å². The van der Waals surface area contributed by atoms with Crippen molar-refractivity contribution in [3.63, 3.8) is 0 Å². The SMILES string of the molecule is CC[C@@H](CO)N1C(=O)[C@@H](CC(=O)OC(C)(C)C)OC(c2cccc(Cl)c2)[C@H]1c1ccc(Cl)s1.CC[C@@H](CO)N1C(=O)[C@H](CC(=O)OC(C)(C)C)OC(c2cccc(Cl)c2)C1c1ccc(Cl)s1. The highest BCUT2D eigenvalue weighted by atomic mass is 35.5. The number of halogens is 4. The molecule has 360 valence electrons. The van der Waals surface area contributed by atoms with Gasteiger partial charge in [-0.05, 0) is 114 Å². The molecular formula is C48H58Cl4N2O10S2. The first kappa shape index (κ1) is 53.7. The zero-order valence-corrected chi connectivity index (χ0v) is 42.8. The van der Waals surface area contributed by atoms with Crippen molar-refractivity contribution in [3.05, 3.63) is 112 Å². The average molecular weight is 1030 g/mol. The molecule has 0 aliphatic carbocycles. The van der Waals surface area contributed by atoms with Crippen LogP contribution in [0, 0.1) is 0 Å². The van der Waals surface area contributed by atoms with Gasteiger partial charge in [0.05, 0.1) is 58.9 Å². The summed E-state index contributed by atoms with van der Waals surface area (Å²) in [7, 11) is 0. The molecule has 4 heterocycles. The van der Waals surface area contributed by atoms with Crippen molar-refractivity contribution >= 4 is 92.8 Å². The van der Waals surface area contributed by atoms with Crippen LogP contribution in [-0.4, -0.2) is 92.5 Å². The first-order valence-electron chi connectivity index (χ1n) is 21.7. The maximum absolute atomic E-state index is 13.6. The molecule has 66 heavy (non-hydrogen) atoms. The van der Waals surface area contributed by atoms with Crippen LogP contribution in [0.2, 0.25) is 18.7 Å². The molecule has 2 amide bonds. The Hall–Kier alpha value is -3.28. The fraction of sp³-hybridized carbons (Fsp3) is 0.500. The number of benzene rings is 2. The molecule has 2 fully saturated rings. The van der Waals surface area contributed by atoms with E-state index >= 15 is 0 Å². The molecule has 6 rings (SSSR count). The third kappa shape index (κ3) is 13.9. The Morgan fingerprint density at radius 3 is 1.27 bits per heavy atom. The number of thiophene rings is 2. The zero-order chi connectivity index (χ0) is 48.7. The highest BCUT2D eigenvalue weighted by molar-refractivity contribution is 7.16. The third-order valence-corrected chi connectivity index (χ3v) is 13.7. The number of hydrogen-bond acceptors (Lipinski definition) is 12. The second-order valence-electron chi connectivity index (χ2n) is 17.9. The van der Waals surface area contributed by atoms with E-state index in [4.69, 9.17) is 65.4 Å². The first-order chi connectivity index (χ1) is 31.1. The summed E-state index contributed by atoms with van der Waals surface area (Å²) < 4.78 is 24.6. The molecule has 0 radical (unpaired) electrons. The van der Waals surface area contributed by atoms with E-state index in [1.807, 2.05) is 50.2 Å². The standard InChI is InChI=1S/2C24H29Cl2NO5S/c2*1-5-16(13-28)27-21(18-9-10-19(26)33-18)22(14-7-6-8-15(25)11-14)31-17(23(27)30)12-20(29)32-24(2,3)4/h2*6-11,16-17,21-22,28H,5,12-13H2,1-4H3/t16-,17+,21+,22?;16-,17-,21?,22?/m00/s1. The lowest BCUT2D eigenvalue weighted by atomic mass is 9.93. The number of amides is 2. The van der Waals surface area contributed by atoms with Crippen molar-refractivity contribution < 1.29 is 48.3 Å². The minimum absolute atomic E-state index is 0.223. The van der Waals surface area contributed by atoms with Crippen LogP contribution in [0.25, 0.3) is 0 Å². The lowest BCUT2D eigenvalue weighted by Gasteiger charge is -2.47. The summed E-state index contributed by atoms with van der Waals surface area (Å²) >= 11 is 27.7. The number of ether oxygens (including phenoxy) is 4. The zero-order valence-electron chi connectivity index (χ0n) is 38.2. The number of carbonyl (C=O) groups is 4. The fourth-order valence-electron chi connectivity index (χ4n) is 7.94. The van der Waals surface area contributed by atoms with Gasteiger partial charge in [-0.15, -0.1) is 22.7 Å². The van der Waals surface area contributed by atoms with Gasteiger partial charge in [0.2, 0.25) is 0 Å². The van der Waals surface area contributed by atoms with E-state index in [1.54, 1.807) is 87.7 Å². The highest BCUT2D eigenvalue weighted by Crippen LogP contribution is 2.48. The number of rotatable bonds is 14. The number of esters is 2. The van der Waals surface area contributed by atoms with Gasteiger partial charge in [0.25, 0.3) is 11.8 Å². The smallest absolute Gasteiger partial charge is 0.309 e. The van der Waals surface area contributed by atoms with E-state index in [0.717, 1.165) is 20.9 Å². The van der Waals surface area contributed by atoms with Crippen molar-refractivity contribution in [1.29, 1.82) is 0 Å². The van der Waals surface area contributed by atoms with E-state index in [9.17, 15) is 29.4 Å². The molecule has 0 bridgehead atoms. The average Bonchev–Trinajstić information content (AvgIpc) is 3.87. The molecule has 2 N–H and O–H groups in total. The minimum Gasteiger partial charge on any atom is -0.460 e. The Bertz CT molecular complexity index is 2130. The Morgan fingerprint density at radius 1 is 0.636 bits per heavy atom. The first-order valence-corrected chi connectivity index (χ1v) is 24.8. The van der Waals surface area contributed by atoms with Crippen LogP contribution in [0.3, 0.4) is 0 Å². The van der Waals surface area contributed by atoms with E-state index < -0.39 is 71.7 Å². The summed E-state index contributed by atoms with van der Waals surface area (Å²) in [5.41, 5.74) is 0.149. The van der Waals surface area contributed by atoms with Crippen LogP contribution < -0.4 is 0 Å². The van der Waals surface area contributed by atoms with Gasteiger partial charge in [-0.25, -0.2) is 0 Å². The molecule has 2 aliphatic heterocycles. The summed E-state index contributed by atoms with van der Waals surface area (Å²) in [6.45, 7) is 14.0. The van der Waals surface area contributed by atoms with Crippen LogP contribution in [0.1, 0.15) is 126 Å². The maximum Gasteiger partial charge on any atom is 0.309 e. The van der Waals surface area contributed by atoms with E-state index in [-0.39, 0.29) is 37.9 Å². The molecule has 2 aromatic carbocycles.